The van der Waals surface area contributed by atoms with Gasteiger partial charge in [0.15, 0.2) is 0 Å². The number of nitrogens with one attached hydrogen (secondary N) is 2. The van der Waals surface area contributed by atoms with Crippen LogP contribution >= 0.6 is 0 Å². The second-order valence-corrected chi connectivity index (χ2v) is 7.74. The summed E-state index contributed by atoms with van der Waals surface area (Å²) in [5.74, 6) is 0. The highest BCUT2D eigenvalue weighted by atomic mass is 32.2. The van der Waals surface area contributed by atoms with Crippen molar-refractivity contribution in [3.8, 4) is 0 Å². The zero-order valence-electron chi connectivity index (χ0n) is 13.2. The maximum atomic E-state index is 12.9. The Balaban J connectivity index is 2.25. The normalized spacial score (nSPS) is 18.5. The topological polar surface area (TPSA) is 81.3 Å². The minimum absolute atomic E-state index is 0.279. The molecule has 0 spiro atoms. The molecule has 0 unspecified atom stereocenters. The van der Waals surface area contributed by atoms with E-state index in [1.165, 1.54) is 0 Å². The van der Waals surface area contributed by atoms with Crippen LogP contribution in [0.25, 0.3) is 0 Å². The standard InChI is InChI=1S/C13H25N5O2S/c1-10(2)14-9-12-13(11(3)15-16-12)21(19,20)18-7-5-17(4)6-8-18/h10,14H,5-9H2,1-4H3,(H,15,16). The SMILES string of the molecule is Cc1[nH]nc(CNC(C)C)c1S(=O)(=O)N1CCN(C)CC1. The summed E-state index contributed by atoms with van der Waals surface area (Å²) >= 11 is 0. The summed E-state index contributed by atoms with van der Waals surface area (Å²) in [6, 6.07) is 0.279. The second-order valence-electron chi connectivity index (χ2n) is 5.87. The number of aromatic amines is 1. The lowest BCUT2D eigenvalue weighted by atomic mass is 10.3. The van der Waals surface area contributed by atoms with Crippen molar-refractivity contribution in [2.45, 2.75) is 38.3 Å². The van der Waals surface area contributed by atoms with Gasteiger partial charge in [0, 0.05) is 38.8 Å². The predicted octanol–water partition coefficient (Wildman–Crippen LogP) is 0.152. The number of hydrogen-bond donors (Lipinski definition) is 2. The smallest absolute Gasteiger partial charge is 0.246 e. The average molecular weight is 315 g/mol. The van der Waals surface area contributed by atoms with Crippen LogP contribution < -0.4 is 5.32 Å². The fourth-order valence-corrected chi connectivity index (χ4v) is 4.14. The van der Waals surface area contributed by atoms with Gasteiger partial charge in [-0.05, 0) is 14.0 Å². The number of hydrogen-bond acceptors (Lipinski definition) is 5. The van der Waals surface area contributed by atoms with E-state index in [0.717, 1.165) is 13.1 Å². The first-order valence-corrected chi connectivity index (χ1v) is 8.72. The van der Waals surface area contributed by atoms with Crippen LogP contribution in [0.5, 0.6) is 0 Å². The zero-order chi connectivity index (χ0) is 15.6. The summed E-state index contributed by atoms with van der Waals surface area (Å²) < 4.78 is 27.3. The summed E-state index contributed by atoms with van der Waals surface area (Å²) in [5, 5.41) is 10.2. The van der Waals surface area contributed by atoms with Gasteiger partial charge in [0.05, 0.1) is 11.4 Å². The molecule has 8 heteroatoms. The van der Waals surface area contributed by atoms with Crippen LogP contribution in [-0.4, -0.2) is 67.1 Å². The van der Waals surface area contributed by atoms with Gasteiger partial charge in [-0.15, -0.1) is 0 Å². The Bertz CT molecular complexity index is 573. The minimum atomic E-state index is -3.48. The summed E-state index contributed by atoms with van der Waals surface area (Å²) in [5.41, 5.74) is 1.18. The molecule has 21 heavy (non-hydrogen) atoms. The largest absolute Gasteiger partial charge is 0.309 e. The molecule has 1 aliphatic heterocycles. The van der Waals surface area contributed by atoms with E-state index in [2.05, 4.69) is 20.4 Å². The molecule has 7 nitrogen and oxygen atoms in total. The van der Waals surface area contributed by atoms with E-state index >= 15 is 0 Å². The van der Waals surface area contributed by atoms with Gasteiger partial charge in [-0.2, -0.15) is 9.40 Å². The van der Waals surface area contributed by atoms with Gasteiger partial charge in [0.1, 0.15) is 4.90 Å². The molecule has 0 radical (unpaired) electrons. The molecular formula is C13H25N5O2S. The van der Waals surface area contributed by atoms with Crippen molar-refractivity contribution < 1.29 is 8.42 Å². The van der Waals surface area contributed by atoms with Crippen molar-refractivity contribution in [3.63, 3.8) is 0 Å². The first kappa shape index (κ1) is 16.4. The van der Waals surface area contributed by atoms with Gasteiger partial charge >= 0.3 is 0 Å². The number of aryl methyl sites for hydroxylation is 1. The van der Waals surface area contributed by atoms with Gasteiger partial charge in [0.25, 0.3) is 0 Å². The van der Waals surface area contributed by atoms with Crippen LogP contribution in [0.4, 0.5) is 0 Å². The van der Waals surface area contributed by atoms with Crippen LogP contribution in [0.3, 0.4) is 0 Å². The van der Waals surface area contributed by atoms with Crippen LogP contribution in [-0.2, 0) is 16.6 Å². The molecule has 0 saturated carbocycles. The molecule has 0 amide bonds. The molecule has 2 rings (SSSR count). The molecule has 1 saturated heterocycles. The van der Waals surface area contributed by atoms with E-state index in [1.54, 1.807) is 11.2 Å². The van der Waals surface area contributed by atoms with E-state index in [-0.39, 0.29) is 6.04 Å². The Morgan fingerprint density at radius 3 is 2.48 bits per heavy atom. The highest BCUT2D eigenvalue weighted by Crippen LogP contribution is 2.23. The maximum Gasteiger partial charge on any atom is 0.246 e. The van der Waals surface area contributed by atoms with Crippen molar-refractivity contribution in [2.24, 2.45) is 0 Å². The molecule has 1 fully saturated rings. The lowest BCUT2D eigenvalue weighted by Gasteiger charge is -2.31. The first-order chi connectivity index (χ1) is 9.82. The summed E-state index contributed by atoms with van der Waals surface area (Å²) in [6.45, 7) is 8.83. The Morgan fingerprint density at radius 2 is 1.90 bits per heavy atom. The molecule has 1 aromatic heterocycles. The van der Waals surface area contributed by atoms with E-state index < -0.39 is 10.0 Å². The summed E-state index contributed by atoms with van der Waals surface area (Å²) in [7, 11) is -1.47. The molecule has 1 aliphatic rings. The zero-order valence-corrected chi connectivity index (χ0v) is 14.0. The fourth-order valence-electron chi connectivity index (χ4n) is 2.39. The Morgan fingerprint density at radius 1 is 1.29 bits per heavy atom. The Hall–Kier alpha value is -0.960. The van der Waals surface area contributed by atoms with Gasteiger partial charge in [-0.3, -0.25) is 5.10 Å². The highest BCUT2D eigenvalue weighted by molar-refractivity contribution is 7.89. The third-order valence-electron chi connectivity index (χ3n) is 3.70. The van der Waals surface area contributed by atoms with Crippen LogP contribution in [0, 0.1) is 6.92 Å². The van der Waals surface area contributed by atoms with E-state index in [4.69, 9.17) is 0 Å². The predicted molar refractivity (Wildman–Crippen MR) is 81.6 cm³/mol. The summed E-state index contributed by atoms with van der Waals surface area (Å²) in [6.07, 6.45) is 0. The molecule has 2 heterocycles. The summed E-state index contributed by atoms with van der Waals surface area (Å²) in [4.78, 5) is 2.47. The van der Waals surface area contributed by atoms with Crippen molar-refractivity contribution in [3.05, 3.63) is 11.4 Å². The van der Waals surface area contributed by atoms with Crippen LogP contribution in [0.1, 0.15) is 25.2 Å². The van der Waals surface area contributed by atoms with Gasteiger partial charge < -0.3 is 10.2 Å². The molecule has 0 atom stereocenters. The number of H-pyrrole nitrogens is 1. The number of rotatable bonds is 5. The minimum Gasteiger partial charge on any atom is -0.309 e. The fraction of sp³-hybridized carbons (Fsp3) is 0.769. The third-order valence-corrected chi connectivity index (χ3v) is 5.80. The average Bonchev–Trinajstić information content (AvgIpc) is 2.78. The van der Waals surface area contributed by atoms with Crippen LogP contribution in [0.2, 0.25) is 0 Å². The number of sulfonamides is 1. The first-order valence-electron chi connectivity index (χ1n) is 7.28. The Labute approximate surface area is 126 Å². The van der Waals surface area contributed by atoms with Gasteiger partial charge in [-0.25, -0.2) is 8.42 Å². The molecule has 0 bridgehead atoms. The third kappa shape index (κ3) is 3.63. The number of aromatic nitrogens is 2. The molecule has 2 N–H and O–H groups in total. The van der Waals surface area contributed by atoms with Gasteiger partial charge in [0.2, 0.25) is 10.0 Å². The molecule has 1 aromatic rings. The van der Waals surface area contributed by atoms with Crippen LogP contribution in [0.15, 0.2) is 4.90 Å². The maximum absolute atomic E-state index is 12.9. The lowest BCUT2D eigenvalue weighted by molar-refractivity contribution is 0.222. The van der Waals surface area contributed by atoms with E-state index in [1.807, 2.05) is 20.9 Å². The number of piperazine rings is 1. The Kier molecular flexibility index (Phi) is 5.03. The molecule has 120 valence electrons. The number of likely N-dealkylation sites (N-methyl/N-ethyl adjacent to an activating group) is 1. The highest BCUT2D eigenvalue weighted by Gasteiger charge is 2.32. The van der Waals surface area contributed by atoms with Crippen molar-refractivity contribution in [1.82, 2.24) is 24.7 Å². The molecule has 0 aromatic carbocycles. The monoisotopic (exact) mass is 315 g/mol. The lowest BCUT2D eigenvalue weighted by Crippen LogP contribution is -2.47. The van der Waals surface area contributed by atoms with E-state index in [0.29, 0.717) is 35.9 Å². The quantitative estimate of drug-likeness (QED) is 0.808. The van der Waals surface area contributed by atoms with E-state index in [9.17, 15) is 8.42 Å². The molecular weight excluding hydrogens is 290 g/mol. The second kappa shape index (κ2) is 6.43. The van der Waals surface area contributed by atoms with Crippen molar-refractivity contribution in [2.75, 3.05) is 33.2 Å². The van der Waals surface area contributed by atoms with Gasteiger partial charge in [-0.1, -0.05) is 13.8 Å². The molecule has 0 aliphatic carbocycles. The number of nitrogens with zero attached hydrogens (tertiary/aromatic N) is 3. The van der Waals surface area contributed by atoms with Crippen molar-refractivity contribution in [1.29, 1.82) is 0 Å². The van der Waals surface area contributed by atoms with Crippen molar-refractivity contribution >= 4 is 10.0 Å².